The fourth-order valence-electron chi connectivity index (χ4n) is 7.22. The van der Waals surface area contributed by atoms with E-state index in [-0.39, 0.29) is 30.6 Å². The third-order valence-electron chi connectivity index (χ3n) is 10.1. The predicted molar refractivity (Wildman–Crippen MR) is 211 cm³/mol. The number of fused-ring (bicyclic) bond motifs is 2. The molecule has 0 bridgehead atoms. The average Bonchev–Trinajstić information content (AvgIpc) is 3.94. The van der Waals surface area contributed by atoms with Gasteiger partial charge in [-0.05, 0) is 51.1 Å². The summed E-state index contributed by atoms with van der Waals surface area (Å²) >= 11 is 1.90. The van der Waals surface area contributed by atoms with Gasteiger partial charge in [0.05, 0.1) is 56.8 Å². The van der Waals surface area contributed by atoms with Crippen LogP contribution in [-0.4, -0.2) is 130 Å². The zero-order valence-electron chi connectivity index (χ0n) is 31.5. The quantitative estimate of drug-likeness (QED) is 0.0679. The number of hydrogen-bond acceptors (Lipinski definition) is 14. The zero-order chi connectivity index (χ0) is 37.5. The van der Waals surface area contributed by atoms with Gasteiger partial charge in [-0.15, -0.1) is 0 Å². The number of nitrogens with one attached hydrogen (secondary N) is 6. The Kier molecular flexibility index (Phi) is 15.2. The molecule has 4 saturated heterocycles. The first kappa shape index (κ1) is 39.8. The first-order chi connectivity index (χ1) is 26.5. The van der Waals surface area contributed by atoms with Crippen molar-refractivity contribution < 1.29 is 28.5 Å². The van der Waals surface area contributed by atoms with Gasteiger partial charge in [-0.2, -0.15) is 16.7 Å². The second kappa shape index (κ2) is 20.7. The van der Waals surface area contributed by atoms with Crippen LogP contribution >= 0.6 is 11.8 Å². The molecule has 0 spiro atoms. The maximum absolute atomic E-state index is 12.2. The number of methoxy groups -OCH3 is 1. The number of hydrogen-bond donors (Lipinski definition) is 7. The first-order valence-electron chi connectivity index (χ1n) is 19.5. The van der Waals surface area contributed by atoms with E-state index in [1.807, 2.05) is 23.9 Å². The summed E-state index contributed by atoms with van der Waals surface area (Å²) in [6.07, 6.45) is 9.54. The standard InChI is InChI=1S/C37H58N10O6S/c1-50-30-19-27-28(43-36(47-13-4-5-14-47)46-35(27)42-26-7-6-10-39-22-26)20-31(30)53-23-25(38)21-40-11-15-51-17-18-52-16-12-41-33(48)9-3-2-8-32-34-29(24-54-32)44-37(49)45-34/h19-21,26,29,32,34,39-40H,2-18,22-24,38H2,1H3,(H,41,48)(H,42,43,46)(H2,44,45,49)/b25-21-/t26?,29-,32-,34-/m0/s1. The van der Waals surface area contributed by atoms with Crippen LogP contribution in [0.4, 0.5) is 16.6 Å². The van der Waals surface area contributed by atoms with Crippen molar-refractivity contribution in [2.75, 3.05) is 95.4 Å². The molecule has 16 nitrogen and oxygen atoms in total. The van der Waals surface area contributed by atoms with Gasteiger partial charge in [0.15, 0.2) is 11.5 Å². The number of unbranched alkanes of at least 4 members (excludes halogenated alkanes) is 1. The second-order valence-corrected chi connectivity index (χ2v) is 15.5. The number of urea groups is 1. The molecule has 0 radical (unpaired) electrons. The third kappa shape index (κ3) is 11.5. The summed E-state index contributed by atoms with van der Waals surface area (Å²) in [5.41, 5.74) is 7.57. The number of rotatable bonds is 22. The van der Waals surface area contributed by atoms with E-state index in [1.54, 1.807) is 13.3 Å². The molecular formula is C37H58N10O6S. The summed E-state index contributed by atoms with van der Waals surface area (Å²) in [5, 5.41) is 20.5. The Hall–Kier alpha value is -3.93. The lowest BCUT2D eigenvalue weighted by atomic mass is 10.0. The molecule has 4 aliphatic heterocycles. The summed E-state index contributed by atoms with van der Waals surface area (Å²) in [6, 6.07) is 4.55. The Labute approximate surface area is 322 Å². The smallest absolute Gasteiger partial charge is 0.315 e. The van der Waals surface area contributed by atoms with E-state index in [2.05, 4.69) is 36.8 Å². The molecule has 1 aromatic heterocycles. The Bertz CT molecular complexity index is 1560. The number of nitrogens with two attached hydrogens (primary N) is 1. The van der Waals surface area contributed by atoms with Crippen molar-refractivity contribution in [2.45, 2.75) is 74.7 Å². The minimum absolute atomic E-state index is 0.0400. The molecule has 298 valence electrons. The number of ether oxygens (including phenoxy) is 4. The number of thioether (sulfide) groups is 1. The second-order valence-electron chi connectivity index (χ2n) is 14.2. The minimum Gasteiger partial charge on any atom is -0.493 e. The summed E-state index contributed by atoms with van der Waals surface area (Å²) < 4.78 is 23.1. The van der Waals surface area contributed by atoms with Crippen molar-refractivity contribution >= 4 is 46.4 Å². The van der Waals surface area contributed by atoms with E-state index in [0.29, 0.717) is 74.4 Å². The van der Waals surface area contributed by atoms with E-state index < -0.39 is 0 Å². The van der Waals surface area contributed by atoms with Crippen LogP contribution < -0.4 is 52.0 Å². The molecule has 17 heteroatoms. The minimum atomic E-state index is -0.0610. The molecule has 5 heterocycles. The highest BCUT2D eigenvalue weighted by molar-refractivity contribution is 8.00. The molecule has 8 N–H and O–H groups in total. The highest BCUT2D eigenvalue weighted by Crippen LogP contribution is 2.36. The fraction of sp³-hybridized carbons (Fsp3) is 0.676. The van der Waals surface area contributed by atoms with Gasteiger partial charge in [0, 0.05) is 73.8 Å². The van der Waals surface area contributed by atoms with Gasteiger partial charge in [-0.3, -0.25) is 4.79 Å². The van der Waals surface area contributed by atoms with E-state index in [4.69, 9.17) is 34.6 Å². The van der Waals surface area contributed by atoms with Gasteiger partial charge < -0.3 is 61.5 Å². The number of aromatic nitrogens is 2. The summed E-state index contributed by atoms with van der Waals surface area (Å²) in [5.74, 6) is 3.70. The highest BCUT2D eigenvalue weighted by atomic mass is 32.2. The molecule has 1 unspecified atom stereocenters. The van der Waals surface area contributed by atoms with Crippen LogP contribution in [0.15, 0.2) is 24.0 Å². The summed E-state index contributed by atoms with van der Waals surface area (Å²) in [4.78, 5) is 35.8. The van der Waals surface area contributed by atoms with Gasteiger partial charge in [-0.25, -0.2) is 9.78 Å². The lowest BCUT2D eigenvalue weighted by molar-refractivity contribution is -0.121. The van der Waals surface area contributed by atoms with Gasteiger partial charge in [0.1, 0.15) is 12.4 Å². The van der Waals surface area contributed by atoms with Crippen molar-refractivity contribution in [3.8, 4) is 11.5 Å². The van der Waals surface area contributed by atoms with Crippen LogP contribution in [0.2, 0.25) is 0 Å². The Morgan fingerprint density at radius 3 is 2.69 bits per heavy atom. The van der Waals surface area contributed by atoms with E-state index in [9.17, 15) is 9.59 Å². The number of carbonyl (C=O) groups is 2. The van der Waals surface area contributed by atoms with Crippen molar-refractivity contribution in [1.82, 2.24) is 36.6 Å². The Morgan fingerprint density at radius 1 is 1.06 bits per heavy atom. The van der Waals surface area contributed by atoms with Gasteiger partial charge in [-0.1, -0.05) is 6.42 Å². The van der Waals surface area contributed by atoms with Gasteiger partial charge in [0.2, 0.25) is 11.9 Å². The van der Waals surface area contributed by atoms with Crippen molar-refractivity contribution in [1.29, 1.82) is 0 Å². The van der Waals surface area contributed by atoms with Crippen LogP contribution in [0.5, 0.6) is 11.5 Å². The summed E-state index contributed by atoms with van der Waals surface area (Å²) in [6.45, 7) is 6.89. The van der Waals surface area contributed by atoms with Gasteiger partial charge in [0.25, 0.3) is 0 Å². The largest absolute Gasteiger partial charge is 0.493 e. The SMILES string of the molecule is COc1cc2c(NC3CCCNC3)nc(N3CCCC3)nc2cc1OC/C(N)=C/NCCOCCOCCNC(=O)CCCC[C@@H]1SC[C@@H]2NC(=O)N[C@@H]21. The van der Waals surface area contributed by atoms with Crippen LogP contribution in [0, 0.1) is 0 Å². The maximum Gasteiger partial charge on any atom is 0.315 e. The van der Waals surface area contributed by atoms with E-state index in [0.717, 1.165) is 99.5 Å². The summed E-state index contributed by atoms with van der Waals surface area (Å²) in [7, 11) is 1.63. The molecule has 2 aromatic rings. The molecule has 4 fully saturated rings. The molecule has 0 saturated carbocycles. The number of benzene rings is 1. The molecule has 6 rings (SSSR count). The number of amides is 3. The normalized spacial score (nSPS) is 22.5. The van der Waals surface area contributed by atoms with Crippen molar-refractivity contribution in [2.24, 2.45) is 5.73 Å². The van der Waals surface area contributed by atoms with Gasteiger partial charge >= 0.3 is 6.03 Å². The number of piperidine rings is 1. The van der Waals surface area contributed by atoms with E-state index >= 15 is 0 Å². The molecule has 54 heavy (non-hydrogen) atoms. The Balaban J connectivity index is 0.832. The molecule has 3 amide bonds. The van der Waals surface area contributed by atoms with Crippen molar-refractivity contribution in [3.63, 3.8) is 0 Å². The van der Waals surface area contributed by atoms with Crippen LogP contribution in [-0.2, 0) is 14.3 Å². The molecule has 4 atom stereocenters. The van der Waals surface area contributed by atoms with Crippen LogP contribution in [0.1, 0.15) is 51.4 Å². The molecular weight excluding hydrogens is 713 g/mol. The highest BCUT2D eigenvalue weighted by Gasteiger charge is 2.42. The number of carbonyl (C=O) groups excluding carboxylic acids is 2. The lowest BCUT2D eigenvalue weighted by Crippen LogP contribution is -2.38. The monoisotopic (exact) mass is 770 g/mol. The Morgan fingerprint density at radius 2 is 1.89 bits per heavy atom. The topological polar surface area (TPSA) is 198 Å². The number of anilines is 2. The average molecular weight is 771 g/mol. The molecule has 4 aliphatic rings. The first-order valence-corrected chi connectivity index (χ1v) is 20.5. The maximum atomic E-state index is 12.2. The van der Waals surface area contributed by atoms with Crippen molar-refractivity contribution in [3.05, 3.63) is 24.0 Å². The predicted octanol–water partition coefficient (Wildman–Crippen LogP) is 2.05. The van der Waals surface area contributed by atoms with Crippen LogP contribution in [0.3, 0.4) is 0 Å². The van der Waals surface area contributed by atoms with Crippen LogP contribution in [0.25, 0.3) is 10.9 Å². The molecule has 0 aliphatic carbocycles. The zero-order valence-corrected chi connectivity index (χ0v) is 32.3. The van der Waals surface area contributed by atoms with E-state index in [1.165, 1.54) is 0 Å². The lowest BCUT2D eigenvalue weighted by Gasteiger charge is -2.26. The number of nitrogens with zero attached hydrogens (tertiary/aromatic N) is 3. The molecule has 1 aromatic carbocycles. The third-order valence-corrected chi connectivity index (χ3v) is 11.6. The fourth-order valence-corrected chi connectivity index (χ4v) is 8.76.